The van der Waals surface area contributed by atoms with Crippen molar-refractivity contribution in [2.45, 2.75) is 0 Å². The van der Waals surface area contributed by atoms with E-state index in [1.165, 1.54) is 24.4 Å². The van der Waals surface area contributed by atoms with E-state index in [0.717, 1.165) is 0 Å². The summed E-state index contributed by atoms with van der Waals surface area (Å²) in [5.41, 5.74) is -1.20. The Morgan fingerprint density at radius 1 is 1.23 bits per heavy atom. The number of nitrogens with zero attached hydrogens (tertiary/aromatic N) is 1. The van der Waals surface area contributed by atoms with Crippen molar-refractivity contribution in [1.82, 2.24) is 4.98 Å². The molecule has 0 bridgehead atoms. The summed E-state index contributed by atoms with van der Waals surface area (Å²) in [6.07, 6.45) is 1.35. The zero-order valence-electron chi connectivity index (χ0n) is 11.0. The predicted molar refractivity (Wildman–Crippen MR) is 81.3 cm³/mol. The van der Waals surface area contributed by atoms with Crippen molar-refractivity contribution in [3.63, 3.8) is 0 Å². The highest BCUT2D eigenvalue weighted by Crippen LogP contribution is 2.26. The number of aromatic hydroxyl groups is 1. The Morgan fingerprint density at radius 3 is 2.73 bits per heavy atom. The van der Waals surface area contributed by atoms with E-state index in [9.17, 15) is 14.7 Å². The van der Waals surface area contributed by atoms with Gasteiger partial charge in [-0.15, -0.1) is 0 Å². The van der Waals surface area contributed by atoms with Crippen molar-refractivity contribution < 1.29 is 14.3 Å². The number of anilines is 1. The molecule has 1 aromatic carbocycles. The lowest BCUT2D eigenvalue weighted by atomic mass is 10.1. The molecule has 0 saturated heterocycles. The molecule has 0 aliphatic heterocycles. The average molecular weight is 317 g/mol. The number of rotatable bonds is 2. The maximum absolute atomic E-state index is 12.2. The minimum absolute atomic E-state index is 0.196. The van der Waals surface area contributed by atoms with Gasteiger partial charge in [0.15, 0.2) is 5.56 Å². The molecule has 3 rings (SSSR count). The van der Waals surface area contributed by atoms with Gasteiger partial charge < -0.3 is 14.8 Å². The van der Waals surface area contributed by atoms with Crippen molar-refractivity contribution in [1.29, 1.82) is 0 Å². The fourth-order valence-corrected chi connectivity index (χ4v) is 2.07. The largest absolute Gasteiger partial charge is 0.506 e. The van der Waals surface area contributed by atoms with Crippen LogP contribution in [-0.4, -0.2) is 16.0 Å². The summed E-state index contributed by atoms with van der Waals surface area (Å²) < 4.78 is 5.03. The number of hydrogen-bond donors (Lipinski definition) is 2. The maximum Gasteiger partial charge on any atom is 0.353 e. The molecule has 0 atom stereocenters. The SMILES string of the molecule is O=C(Nc1ccc(Cl)cn1)c1c(O)c2ccccc2oc1=O. The van der Waals surface area contributed by atoms with Crippen LogP contribution in [0, 0.1) is 0 Å². The second kappa shape index (κ2) is 5.50. The molecule has 0 aliphatic rings. The van der Waals surface area contributed by atoms with Crippen LogP contribution in [-0.2, 0) is 0 Å². The zero-order valence-corrected chi connectivity index (χ0v) is 11.8. The number of halogens is 1. The van der Waals surface area contributed by atoms with Crippen LogP contribution in [0.4, 0.5) is 5.82 Å². The molecule has 3 aromatic rings. The Hall–Kier alpha value is -2.86. The van der Waals surface area contributed by atoms with Gasteiger partial charge in [0.1, 0.15) is 17.2 Å². The number of aromatic nitrogens is 1. The molecule has 110 valence electrons. The normalized spacial score (nSPS) is 10.6. The van der Waals surface area contributed by atoms with Gasteiger partial charge in [0, 0.05) is 6.20 Å². The van der Waals surface area contributed by atoms with Crippen LogP contribution in [0.2, 0.25) is 5.02 Å². The van der Waals surface area contributed by atoms with Gasteiger partial charge in [-0.1, -0.05) is 23.7 Å². The molecule has 0 unspecified atom stereocenters. The van der Waals surface area contributed by atoms with E-state index in [-0.39, 0.29) is 16.8 Å². The molecule has 2 heterocycles. The van der Waals surface area contributed by atoms with Gasteiger partial charge >= 0.3 is 5.63 Å². The van der Waals surface area contributed by atoms with Crippen molar-refractivity contribution in [2.24, 2.45) is 0 Å². The molecule has 0 spiro atoms. The highest BCUT2D eigenvalue weighted by atomic mass is 35.5. The summed E-state index contributed by atoms with van der Waals surface area (Å²) in [6, 6.07) is 9.39. The Balaban J connectivity index is 2.04. The maximum atomic E-state index is 12.2. The molecule has 7 heteroatoms. The van der Waals surface area contributed by atoms with Crippen LogP contribution in [0.15, 0.2) is 51.8 Å². The standard InChI is InChI=1S/C15H9ClN2O4/c16-8-5-6-11(17-7-8)18-14(20)12-13(19)9-3-1-2-4-10(9)22-15(12)21/h1-7,19H,(H,17,18,20). The lowest BCUT2D eigenvalue weighted by Crippen LogP contribution is -2.21. The molecule has 2 N–H and O–H groups in total. The third-order valence-corrected chi connectivity index (χ3v) is 3.21. The molecule has 0 saturated carbocycles. The second-order valence-electron chi connectivity index (χ2n) is 4.43. The van der Waals surface area contributed by atoms with Gasteiger partial charge in [-0.05, 0) is 24.3 Å². The van der Waals surface area contributed by atoms with Crippen LogP contribution >= 0.6 is 11.6 Å². The van der Waals surface area contributed by atoms with E-state index in [1.807, 2.05) is 0 Å². The Morgan fingerprint density at radius 2 is 2.00 bits per heavy atom. The molecule has 2 aromatic heterocycles. The zero-order chi connectivity index (χ0) is 15.7. The number of fused-ring (bicyclic) bond motifs is 1. The minimum atomic E-state index is -0.928. The first-order valence-corrected chi connectivity index (χ1v) is 6.62. The van der Waals surface area contributed by atoms with Crippen molar-refractivity contribution in [3.05, 3.63) is 63.6 Å². The topological polar surface area (TPSA) is 92.4 Å². The van der Waals surface area contributed by atoms with E-state index >= 15 is 0 Å². The van der Waals surface area contributed by atoms with E-state index < -0.39 is 22.8 Å². The van der Waals surface area contributed by atoms with E-state index in [4.69, 9.17) is 16.0 Å². The third kappa shape index (κ3) is 2.51. The van der Waals surface area contributed by atoms with E-state index in [0.29, 0.717) is 5.02 Å². The first-order valence-electron chi connectivity index (χ1n) is 6.24. The fourth-order valence-electron chi connectivity index (χ4n) is 1.96. The molecule has 1 amide bonds. The number of para-hydroxylation sites is 1. The first kappa shape index (κ1) is 14.1. The third-order valence-electron chi connectivity index (χ3n) is 2.98. The lowest BCUT2D eigenvalue weighted by Gasteiger charge is -2.07. The van der Waals surface area contributed by atoms with Gasteiger partial charge in [-0.2, -0.15) is 0 Å². The molecule has 0 aliphatic carbocycles. The molecular weight excluding hydrogens is 308 g/mol. The van der Waals surface area contributed by atoms with Crippen LogP contribution in [0.25, 0.3) is 11.0 Å². The Kier molecular flexibility index (Phi) is 3.52. The quantitative estimate of drug-likeness (QED) is 0.709. The smallest absolute Gasteiger partial charge is 0.353 e. The van der Waals surface area contributed by atoms with Gasteiger partial charge in [0.2, 0.25) is 0 Å². The van der Waals surface area contributed by atoms with Crippen LogP contribution in [0.3, 0.4) is 0 Å². The summed E-state index contributed by atoms with van der Waals surface area (Å²) in [4.78, 5) is 28.0. The Labute approximate surface area is 129 Å². The molecular formula is C15H9ClN2O4. The number of nitrogens with one attached hydrogen (secondary N) is 1. The van der Waals surface area contributed by atoms with E-state index in [2.05, 4.69) is 10.3 Å². The number of benzene rings is 1. The van der Waals surface area contributed by atoms with Crippen molar-refractivity contribution in [2.75, 3.05) is 5.32 Å². The number of carbonyl (C=O) groups is 1. The van der Waals surface area contributed by atoms with Crippen LogP contribution in [0.1, 0.15) is 10.4 Å². The highest BCUT2D eigenvalue weighted by Gasteiger charge is 2.21. The summed E-state index contributed by atoms with van der Waals surface area (Å²) in [5, 5.41) is 13.2. The van der Waals surface area contributed by atoms with Crippen LogP contribution < -0.4 is 10.9 Å². The average Bonchev–Trinajstić information content (AvgIpc) is 2.49. The van der Waals surface area contributed by atoms with Crippen LogP contribution in [0.5, 0.6) is 5.75 Å². The predicted octanol–water partition coefficient (Wildman–Crippen LogP) is 2.80. The first-order chi connectivity index (χ1) is 10.6. The van der Waals surface area contributed by atoms with Crippen molar-refractivity contribution >= 4 is 34.3 Å². The van der Waals surface area contributed by atoms with Crippen molar-refractivity contribution in [3.8, 4) is 5.75 Å². The van der Waals surface area contributed by atoms with Gasteiger partial charge in [0.05, 0.1) is 10.4 Å². The summed E-state index contributed by atoms with van der Waals surface area (Å²) in [7, 11) is 0. The van der Waals surface area contributed by atoms with Gasteiger partial charge in [-0.25, -0.2) is 9.78 Å². The molecule has 6 nitrogen and oxygen atoms in total. The molecule has 0 radical (unpaired) electrons. The fraction of sp³-hybridized carbons (Fsp3) is 0. The number of carbonyl (C=O) groups excluding carboxylic acids is 1. The van der Waals surface area contributed by atoms with Gasteiger partial charge in [-0.3, -0.25) is 4.79 Å². The minimum Gasteiger partial charge on any atom is -0.506 e. The summed E-state index contributed by atoms with van der Waals surface area (Å²) in [6.45, 7) is 0. The number of amides is 1. The van der Waals surface area contributed by atoms with E-state index in [1.54, 1.807) is 18.2 Å². The lowest BCUT2D eigenvalue weighted by molar-refractivity contribution is 0.102. The monoisotopic (exact) mass is 316 g/mol. The molecule has 22 heavy (non-hydrogen) atoms. The number of pyridine rings is 1. The summed E-state index contributed by atoms with van der Waals surface area (Å²) >= 11 is 5.70. The molecule has 0 fully saturated rings. The highest BCUT2D eigenvalue weighted by molar-refractivity contribution is 6.30. The second-order valence-corrected chi connectivity index (χ2v) is 4.86. The Bertz CT molecular complexity index is 919. The summed E-state index contributed by atoms with van der Waals surface area (Å²) in [5.74, 6) is -1.05. The number of hydrogen-bond acceptors (Lipinski definition) is 5. The van der Waals surface area contributed by atoms with Gasteiger partial charge in [0.25, 0.3) is 5.91 Å².